The molecule has 4 N–H and O–H groups in total. The van der Waals surface area contributed by atoms with E-state index in [4.69, 9.17) is 10.9 Å². The molecule has 7 nitrogen and oxygen atoms in total. The van der Waals surface area contributed by atoms with Crippen molar-refractivity contribution >= 4 is 11.7 Å². The van der Waals surface area contributed by atoms with Crippen LogP contribution in [0.4, 0.5) is 0 Å². The smallest absolute Gasteiger partial charge is 0.230 e. The quantitative estimate of drug-likeness (QED) is 0.284. The second-order valence-corrected chi connectivity index (χ2v) is 3.97. The Bertz CT molecular complexity index is 427. The number of nitrogens with two attached hydrogens (primary N) is 1. The molecule has 0 aliphatic rings. The number of nitrogens with one attached hydrogen (secondary N) is 1. The minimum absolute atomic E-state index is 0.0597. The molecule has 1 heterocycles. The molecule has 1 unspecified atom stereocenters. The second-order valence-electron chi connectivity index (χ2n) is 3.97. The lowest BCUT2D eigenvalue weighted by atomic mass is 10.0. The summed E-state index contributed by atoms with van der Waals surface area (Å²) in [7, 11) is 1.85. The summed E-state index contributed by atoms with van der Waals surface area (Å²) in [6.07, 6.45) is 2.89. The van der Waals surface area contributed by atoms with Crippen LogP contribution in [0.3, 0.4) is 0 Å². The van der Waals surface area contributed by atoms with Crippen LogP contribution in [-0.4, -0.2) is 33.3 Å². The topological polar surface area (TPSA) is 106 Å². The van der Waals surface area contributed by atoms with Crippen molar-refractivity contribution in [3.05, 3.63) is 18.0 Å². The number of hydrogen-bond donors (Lipinski definition) is 3. The van der Waals surface area contributed by atoms with E-state index in [1.807, 2.05) is 20.0 Å². The Balaban J connectivity index is 2.43. The number of nitrogens with zero attached hydrogens (tertiary/aromatic N) is 3. The van der Waals surface area contributed by atoms with E-state index in [1.165, 1.54) is 0 Å². The number of oxime groups is 1. The molecular formula is C11H19N5O2. The summed E-state index contributed by atoms with van der Waals surface area (Å²) in [5, 5.41) is 18.2. The molecule has 0 aliphatic carbocycles. The summed E-state index contributed by atoms with van der Waals surface area (Å²) >= 11 is 0. The molecule has 0 saturated heterocycles. The molecule has 0 bridgehead atoms. The summed E-state index contributed by atoms with van der Waals surface area (Å²) in [6.45, 7) is 2.30. The first-order chi connectivity index (χ1) is 8.60. The Morgan fingerprint density at radius 1 is 1.72 bits per heavy atom. The van der Waals surface area contributed by atoms with Gasteiger partial charge in [-0.3, -0.25) is 9.48 Å². The molecule has 0 radical (unpaired) electrons. The Morgan fingerprint density at radius 2 is 2.44 bits per heavy atom. The molecule has 0 aromatic carbocycles. The van der Waals surface area contributed by atoms with Crippen molar-refractivity contribution < 1.29 is 10.0 Å². The minimum atomic E-state index is -0.582. The van der Waals surface area contributed by atoms with Gasteiger partial charge in [-0.15, -0.1) is 0 Å². The normalized spacial score (nSPS) is 13.3. The number of rotatable bonds is 6. The number of hydrogen-bond acceptors (Lipinski definition) is 4. The number of carbonyl (C=O) groups excluding carboxylic acids is 1. The Hall–Kier alpha value is -2.05. The summed E-state index contributed by atoms with van der Waals surface area (Å²) in [5.41, 5.74) is 6.48. The van der Waals surface area contributed by atoms with E-state index >= 15 is 0 Å². The van der Waals surface area contributed by atoms with Crippen molar-refractivity contribution in [2.24, 2.45) is 23.9 Å². The van der Waals surface area contributed by atoms with Gasteiger partial charge in [-0.05, 0) is 12.5 Å². The fraction of sp³-hybridized carbons (Fsp3) is 0.545. The maximum absolute atomic E-state index is 11.8. The van der Waals surface area contributed by atoms with Crippen molar-refractivity contribution in [3.8, 4) is 0 Å². The highest BCUT2D eigenvalue weighted by atomic mass is 16.4. The lowest BCUT2D eigenvalue weighted by Crippen LogP contribution is -2.39. The molecule has 0 saturated carbocycles. The molecule has 1 aromatic heterocycles. The van der Waals surface area contributed by atoms with Crippen molar-refractivity contribution in [1.29, 1.82) is 0 Å². The van der Waals surface area contributed by atoms with Crippen LogP contribution in [-0.2, 0) is 18.3 Å². The van der Waals surface area contributed by atoms with Crippen LogP contribution in [0.2, 0.25) is 0 Å². The number of amides is 1. The molecule has 7 heteroatoms. The van der Waals surface area contributed by atoms with E-state index in [-0.39, 0.29) is 11.7 Å². The van der Waals surface area contributed by atoms with Gasteiger partial charge in [0.2, 0.25) is 5.91 Å². The van der Waals surface area contributed by atoms with Crippen LogP contribution in [0.1, 0.15) is 19.0 Å². The zero-order valence-electron chi connectivity index (χ0n) is 10.6. The maximum Gasteiger partial charge on any atom is 0.230 e. The summed E-state index contributed by atoms with van der Waals surface area (Å²) < 4.78 is 1.76. The highest BCUT2D eigenvalue weighted by Crippen LogP contribution is 2.03. The average Bonchev–Trinajstić information content (AvgIpc) is 2.76. The molecule has 1 aromatic rings. The first-order valence-corrected chi connectivity index (χ1v) is 5.82. The number of aryl methyl sites for hydroxylation is 1. The van der Waals surface area contributed by atoms with Crippen LogP contribution in [0.5, 0.6) is 0 Å². The maximum atomic E-state index is 11.8. The molecule has 0 fully saturated rings. The van der Waals surface area contributed by atoms with Crippen LogP contribution < -0.4 is 11.1 Å². The first kappa shape index (κ1) is 14.0. The molecular weight excluding hydrogens is 234 g/mol. The highest BCUT2D eigenvalue weighted by molar-refractivity contribution is 6.01. The Morgan fingerprint density at radius 3 is 2.94 bits per heavy atom. The average molecular weight is 253 g/mol. The molecule has 18 heavy (non-hydrogen) atoms. The van der Waals surface area contributed by atoms with Crippen molar-refractivity contribution in [1.82, 2.24) is 15.1 Å². The fourth-order valence-electron chi connectivity index (χ4n) is 1.68. The monoisotopic (exact) mass is 253 g/mol. The number of aromatic nitrogens is 2. The van der Waals surface area contributed by atoms with Crippen LogP contribution in [0.15, 0.2) is 17.4 Å². The Kier molecular flexibility index (Phi) is 5.16. The van der Waals surface area contributed by atoms with Gasteiger partial charge in [0, 0.05) is 31.9 Å². The van der Waals surface area contributed by atoms with Gasteiger partial charge in [0.15, 0.2) is 5.84 Å². The van der Waals surface area contributed by atoms with Gasteiger partial charge in [-0.2, -0.15) is 5.10 Å². The van der Waals surface area contributed by atoms with E-state index in [0.717, 1.165) is 5.69 Å². The van der Waals surface area contributed by atoms with Crippen molar-refractivity contribution in [2.75, 3.05) is 6.54 Å². The van der Waals surface area contributed by atoms with Gasteiger partial charge in [0.1, 0.15) is 0 Å². The summed E-state index contributed by atoms with van der Waals surface area (Å²) in [4.78, 5) is 11.8. The molecule has 0 aliphatic heterocycles. The predicted molar refractivity (Wildman–Crippen MR) is 67.1 cm³/mol. The van der Waals surface area contributed by atoms with Gasteiger partial charge >= 0.3 is 0 Å². The summed E-state index contributed by atoms with van der Waals surface area (Å²) in [5.74, 6) is -0.868. The van der Waals surface area contributed by atoms with Crippen LogP contribution in [0.25, 0.3) is 0 Å². The Labute approximate surface area is 106 Å². The second kappa shape index (κ2) is 6.63. The third-order valence-electron chi connectivity index (χ3n) is 2.80. The highest BCUT2D eigenvalue weighted by Gasteiger charge is 2.20. The third-order valence-corrected chi connectivity index (χ3v) is 2.80. The number of carbonyl (C=O) groups is 1. The first-order valence-electron chi connectivity index (χ1n) is 5.82. The van der Waals surface area contributed by atoms with E-state index in [9.17, 15) is 4.79 Å². The lowest BCUT2D eigenvalue weighted by molar-refractivity contribution is -0.123. The third kappa shape index (κ3) is 3.47. The van der Waals surface area contributed by atoms with Gasteiger partial charge in [-0.1, -0.05) is 12.1 Å². The van der Waals surface area contributed by atoms with Gasteiger partial charge < -0.3 is 16.3 Å². The fourth-order valence-corrected chi connectivity index (χ4v) is 1.68. The largest absolute Gasteiger partial charge is 0.409 e. The standard InChI is InChI=1S/C11H19N5O2/c1-3-9(10(12)15-18)11(17)13-6-4-8-5-7-14-16(8)2/h5,7,9,18H,3-4,6H2,1-2H3,(H2,12,15)(H,13,17). The lowest BCUT2D eigenvalue weighted by Gasteiger charge is -2.13. The zero-order valence-corrected chi connectivity index (χ0v) is 10.6. The number of amidine groups is 1. The molecule has 1 rings (SSSR count). The van der Waals surface area contributed by atoms with Gasteiger partial charge in [-0.25, -0.2) is 0 Å². The van der Waals surface area contributed by atoms with E-state index < -0.39 is 5.92 Å². The van der Waals surface area contributed by atoms with Crippen LogP contribution in [0, 0.1) is 5.92 Å². The van der Waals surface area contributed by atoms with E-state index in [0.29, 0.717) is 19.4 Å². The minimum Gasteiger partial charge on any atom is -0.409 e. The van der Waals surface area contributed by atoms with Gasteiger partial charge in [0.25, 0.3) is 0 Å². The van der Waals surface area contributed by atoms with E-state index in [2.05, 4.69) is 15.6 Å². The molecule has 1 atom stereocenters. The zero-order chi connectivity index (χ0) is 13.5. The SMILES string of the molecule is CCC(C(=O)NCCc1ccnn1C)C(N)=NO. The van der Waals surface area contributed by atoms with Crippen molar-refractivity contribution in [3.63, 3.8) is 0 Å². The van der Waals surface area contributed by atoms with Gasteiger partial charge in [0.05, 0.1) is 5.92 Å². The predicted octanol–water partition coefficient (Wildman–Crippen LogP) is -0.149. The van der Waals surface area contributed by atoms with E-state index in [1.54, 1.807) is 10.9 Å². The molecule has 0 spiro atoms. The summed E-state index contributed by atoms with van der Waals surface area (Å²) in [6, 6.07) is 1.90. The van der Waals surface area contributed by atoms with Crippen LogP contribution >= 0.6 is 0 Å². The molecule has 100 valence electrons. The van der Waals surface area contributed by atoms with Crippen molar-refractivity contribution in [2.45, 2.75) is 19.8 Å². The molecule has 1 amide bonds.